The Labute approximate surface area is 151 Å². The predicted molar refractivity (Wildman–Crippen MR) is 91.2 cm³/mol. The Bertz CT molecular complexity index is 784. The Morgan fingerprint density at radius 1 is 1.19 bits per heavy atom. The zero-order valence-corrected chi connectivity index (χ0v) is 15.1. The highest BCUT2D eigenvalue weighted by Gasteiger charge is 2.53. The first kappa shape index (κ1) is 17.5. The van der Waals surface area contributed by atoms with Crippen LogP contribution in [0.15, 0.2) is 23.0 Å². The van der Waals surface area contributed by atoms with Gasteiger partial charge in [0.25, 0.3) is 5.91 Å². The van der Waals surface area contributed by atoms with Crippen LogP contribution in [-0.2, 0) is 19.4 Å². The number of rotatable bonds is 3. The van der Waals surface area contributed by atoms with Gasteiger partial charge in [-0.2, -0.15) is 0 Å². The molecule has 3 atom stereocenters. The third-order valence-electron chi connectivity index (χ3n) is 5.68. The van der Waals surface area contributed by atoms with E-state index in [-0.39, 0.29) is 35.9 Å². The fraction of sp³-hybridized carbons (Fsp3) is 0.647. The summed E-state index contributed by atoms with van der Waals surface area (Å²) in [5.74, 6) is -0.777. The standard InChI is InChI=1S/C17H22N2O6S/c20-16(12-3-6-25-9-12)18-14-10-26(22,23)15-8-19(7-13(14)15)17(21)11-1-4-24-5-2-11/h3,6,9,11,13-15H,1-2,4-5,7-8,10H2,(H,18,20). The highest BCUT2D eigenvalue weighted by atomic mass is 32.2. The Hall–Kier alpha value is -1.87. The third kappa shape index (κ3) is 3.14. The Morgan fingerprint density at radius 3 is 2.65 bits per heavy atom. The van der Waals surface area contributed by atoms with Crippen LogP contribution in [-0.4, -0.2) is 68.5 Å². The van der Waals surface area contributed by atoms with Crippen molar-refractivity contribution in [2.45, 2.75) is 24.1 Å². The van der Waals surface area contributed by atoms with Crippen molar-refractivity contribution in [2.24, 2.45) is 11.8 Å². The van der Waals surface area contributed by atoms with Crippen molar-refractivity contribution in [3.8, 4) is 0 Å². The van der Waals surface area contributed by atoms with Crippen molar-refractivity contribution in [3.63, 3.8) is 0 Å². The van der Waals surface area contributed by atoms with Crippen molar-refractivity contribution < 1.29 is 27.2 Å². The number of furan rings is 1. The van der Waals surface area contributed by atoms with E-state index in [1.807, 2.05) is 0 Å². The van der Waals surface area contributed by atoms with Crippen LogP contribution < -0.4 is 5.32 Å². The number of amides is 2. The lowest BCUT2D eigenvalue weighted by atomic mass is 9.98. The zero-order chi connectivity index (χ0) is 18.3. The predicted octanol–water partition coefficient (Wildman–Crippen LogP) is 0.0600. The van der Waals surface area contributed by atoms with Gasteiger partial charge < -0.3 is 19.4 Å². The van der Waals surface area contributed by atoms with Crippen LogP contribution in [0.4, 0.5) is 0 Å². The summed E-state index contributed by atoms with van der Waals surface area (Å²) in [4.78, 5) is 26.7. The average molecular weight is 382 g/mol. The number of sulfone groups is 1. The molecule has 9 heteroatoms. The molecule has 0 aliphatic carbocycles. The second-order valence-electron chi connectivity index (χ2n) is 7.25. The molecule has 1 aromatic rings. The molecule has 0 radical (unpaired) electrons. The summed E-state index contributed by atoms with van der Waals surface area (Å²) in [6, 6.07) is 1.05. The number of fused-ring (bicyclic) bond motifs is 1. The maximum absolute atomic E-state index is 12.7. The number of likely N-dealkylation sites (tertiary alicyclic amines) is 1. The molecule has 2 amide bonds. The summed E-state index contributed by atoms with van der Waals surface area (Å²) in [5.41, 5.74) is 0.360. The van der Waals surface area contributed by atoms with E-state index in [9.17, 15) is 18.0 Å². The van der Waals surface area contributed by atoms with Gasteiger partial charge in [0, 0.05) is 44.2 Å². The van der Waals surface area contributed by atoms with Crippen molar-refractivity contribution in [2.75, 3.05) is 32.1 Å². The maximum atomic E-state index is 12.7. The SMILES string of the molecule is O=C(NC1CS(=O)(=O)C2CN(C(=O)C3CCOCC3)CC12)c1ccoc1. The molecule has 3 unspecified atom stereocenters. The number of nitrogens with zero attached hydrogens (tertiary/aromatic N) is 1. The minimum Gasteiger partial charge on any atom is -0.472 e. The highest BCUT2D eigenvalue weighted by molar-refractivity contribution is 7.92. The molecule has 8 nitrogen and oxygen atoms in total. The van der Waals surface area contributed by atoms with Gasteiger partial charge in [-0.1, -0.05) is 0 Å². The quantitative estimate of drug-likeness (QED) is 0.792. The fourth-order valence-corrected chi connectivity index (χ4v) is 6.53. The molecule has 142 valence electrons. The van der Waals surface area contributed by atoms with E-state index in [2.05, 4.69) is 5.32 Å². The summed E-state index contributed by atoms with van der Waals surface area (Å²) in [6.07, 6.45) is 4.08. The summed E-state index contributed by atoms with van der Waals surface area (Å²) >= 11 is 0. The number of nitrogens with one attached hydrogen (secondary N) is 1. The molecule has 0 spiro atoms. The average Bonchev–Trinajstić information content (AvgIpc) is 3.34. The van der Waals surface area contributed by atoms with E-state index in [1.54, 1.807) is 4.90 Å². The summed E-state index contributed by atoms with van der Waals surface area (Å²) in [5, 5.41) is 2.21. The van der Waals surface area contributed by atoms with Crippen molar-refractivity contribution in [1.82, 2.24) is 10.2 Å². The summed E-state index contributed by atoms with van der Waals surface area (Å²) in [7, 11) is -3.34. The van der Waals surface area contributed by atoms with Gasteiger partial charge in [0.15, 0.2) is 9.84 Å². The van der Waals surface area contributed by atoms with Crippen LogP contribution in [0, 0.1) is 11.8 Å². The van der Waals surface area contributed by atoms with Crippen molar-refractivity contribution in [1.29, 1.82) is 0 Å². The number of hydrogen-bond donors (Lipinski definition) is 1. The lowest BCUT2D eigenvalue weighted by Gasteiger charge is -2.27. The minimum atomic E-state index is -3.34. The molecular weight excluding hydrogens is 360 g/mol. The van der Waals surface area contributed by atoms with E-state index < -0.39 is 21.1 Å². The molecular formula is C17H22N2O6S. The van der Waals surface area contributed by atoms with Gasteiger partial charge in [-0.25, -0.2) is 8.42 Å². The molecule has 1 N–H and O–H groups in total. The van der Waals surface area contributed by atoms with Gasteiger partial charge in [0.1, 0.15) is 6.26 Å². The Kier molecular flexibility index (Phi) is 4.52. The summed E-state index contributed by atoms with van der Waals surface area (Å²) < 4.78 is 35.3. The maximum Gasteiger partial charge on any atom is 0.254 e. The largest absolute Gasteiger partial charge is 0.472 e. The van der Waals surface area contributed by atoms with Crippen LogP contribution in [0.5, 0.6) is 0 Å². The molecule has 1 aromatic heterocycles. The van der Waals surface area contributed by atoms with Gasteiger partial charge in [-0.15, -0.1) is 0 Å². The van der Waals surface area contributed by atoms with Gasteiger partial charge in [-0.3, -0.25) is 9.59 Å². The molecule has 4 rings (SSSR count). The Morgan fingerprint density at radius 2 is 1.96 bits per heavy atom. The van der Waals surface area contributed by atoms with E-state index in [0.717, 1.165) is 0 Å². The molecule has 3 aliphatic rings. The van der Waals surface area contributed by atoms with E-state index in [0.29, 0.717) is 38.2 Å². The number of ether oxygens (including phenoxy) is 1. The van der Waals surface area contributed by atoms with Crippen LogP contribution in [0.1, 0.15) is 23.2 Å². The first-order valence-electron chi connectivity index (χ1n) is 8.87. The van der Waals surface area contributed by atoms with Crippen molar-refractivity contribution in [3.05, 3.63) is 24.2 Å². The Balaban J connectivity index is 1.46. The number of carbonyl (C=O) groups is 2. The fourth-order valence-electron chi connectivity index (χ4n) is 4.24. The normalized spacial score (nSPS) is 30.9. The second kappa shape index (κ2) is 6.70. The first-order chi connectivity index (χ1) is 12.5. The van der Waals surface area contributed by atoms with Gasteiger partial charge in [0.05, 0.1) is 22.8 Å². The van der Waals surface area contributed by atoms with E-state index in [1.165, 1.54) is 18.6 Å². The molecule has 3 saturated heterocycles. The topological polar surface area (TPSA) is 106 Å². The molecule has 3 fully saturated rings. The van der Waals surface area contributed by atoms with Crippen LogP contribution in [0.25, 0.3) is 0 Å². The number of carbonyl (C=O) groups excluding carboxylic acids is 2. The van der Waals surface area contributed by atoms with Gasteiger partial charge >= 0.3 is 0 Å². The molecule has 0 aromatic carbocycles. The molecule has 3 aliphatic heterocycles. The second-order valence-corrected chi connectivity index (χ2v) is 9.52. The van der Waals surface area contributed by atoms with E-state index >= 15 is 0 Å². The number of hydrogen-bond acceptors (Lipinski definition) is 6. The van der Waals surface area contributed by atoms with Crippen LogP contribution in [0.2, 0.25) is 0 Å². The first-order valence-corrected chi connectivity index (χ1v) is 10.6. The smallest absolute Gasteiger partial charge is 0.254 e. The lowest BCUT2D eigenvalue weighted by molar-refractivity contribution is -0.137. The van der Waals surface area contributed by atoms with Gasteiger partial charge in [0.2, 0.25) is 5.91 Å². The molecule has 0 saturated carbocycles. The van der Waals surface area contributed by atoms with Gasteiger partial charge in [-0.05, 0) is 18.9 Å². The van der Waals surface area contributed by atoms with E-state index in [4.69, 9.17) is 9.15 Å². The third-order valence-corrected chi connectivity index (χ3v) is 7.93. The monoisotopic (exact) mass is 382 g/mol. The van der Waals surface area contributed by atoms with Crippen LogP contribution in [0.3, 0.4) is 0 Å². The molecule has 0 bridgehead atoms. The molecule has 26 heavy (non-hydrogen) atoms. The molecule has 4 heterocycles. The minimum absolute atomic E-state index is 0.0119. The highest BCUT2D eigenvalue weighted by Crippen LogP contribution is 2.35. The zero-order valence-electron chi connectivity index (χ0n) is 14.3. The lowest BCUT2D eigenvalue weighted by Crippen LogP contribution is -2.43. The van der Waals surface area contributed by atoms with Crippen LogP contribution >= 0.6 is 0 Å². The van der Waals surface area contributed by atoms with Crippen molar-refractivity contribution >= 4 is 21.7 Å². The summed E-state index contributed by atoms with van der Waals surface area (Å²) in [6.45, 7) is 1.73.